The molecule has 1 heteroatoms. The van der Waals surface area contributed by atoms with Gasteiger partial charge < -0.3 is 5.73 Å². The zero-order chi connectivity index (χ0) is 13.1. The van der Waals surface area contributed by atoms with Crippen LogP contribution in [0.3, 0.4) is 0 Å². The summed E-state index contributed by atoms with van der Waals surface area (Å²) in [4.78, 5) is 0. The molecule has 0 spiro atoms. The summed E-state index contributed by atoms with van der Waals surface area (Å²) >= 11 is 0. The fourth-order valence-electron chi connectivity index (χ4n) is 2.21. The van der Waals surface area contributed by atoms with Gasteiger partial charge in [0.05, 0.1) is 0 Å². The van der Waals surface area contributed by atoms with Gasteiger partial charge in [-0.05, 0) is 48.1 Å². The quantitative estimate of drug-likeness (QED) is 0.845. The predicted molar refractivity (Wildman–Crippen MR) is 78.6 cm³/mol. The van der Waals surface area contributed by atoms with Gasteiger partial charge in [0, 0.05) is 6.04 Å². The van der Waals surface area contributed by atoms with Gasteiger partial charge in [-0.25, -0.2) is 0 Å². The Bertz CT molecular complexity index is 526. The average Bonchev–Trinajstić information content (AvgIpc) is 2.41. The van der Waals surface area contributed by atoms with Gasteiger partial charge in [0.25, 0.3) is 0 Å². The summed E-state index contributed by atoms with van der Waals surface area (Å²) in [6.07, 6.45) is 0.975. The number of benzene rings is 2. The Morgan fingerprint density at radius 2 is 1.67 bits per heavy atom. The maximum atomic E-state index is 6.04. The highest BCUT2D eigenvalue weighted by Crippen LogP contribution is 2.26. The van der Waals surface area contributed by atoms with Crippen molar-refractivity contribution in [1.82, 2.24) is 0 Å². The molecule has 0 fully saturated rings. The molecule has 0 aliphatic carbocycles. The standard InChI is InChI=1S/C17H21N/c1-4-17(18)15-10-8-14(9-11-15)16-7-5-6-12(2)13(16)3/h5-11,17H,4,18H2,1-3H3. The van der Waals surface area contributed by atoms with Gasteiger partial charge in [0.15, 0.2) is 0 Å². The maximum Gasteiger partial charge on any atom is 0.0292 e. The Morgan fingerprint density at radius 1 is 1.00 bits per heavy atom. The van der Waals surface area contributed by atoms with E-state index in [1.54, 1.807) is 0 Å². The molecule has 0 saturated heterocycles. The Labute approximate surface area is 110 Å². The van der Waals surface area contributed by atoms with Crippen molar-refractivity contribution in [3.05, 3.63) is 59.2 Å². The lowest BCUT2D eigenvalue weighted by Gasteiger charge is -2.12. The second kappa shape index (κ2) is 5.36. The first-order valence-corrected chi connectivity index (χ1v) is 6.55. The minimum absolute atomic E-state index is 0.151. The van der Waals surface area contributed by atoms with E-state index in [9.17, 15) is 0 Å². The van der Waals surface area contributed by atoms with Gasteiger partial charge in [-0.2, -0.15) is 0 Å². The Balaban J connectivity index is 2.37. The van der Waals surface area contributed by atoms with E-state index >= 15 is 0 Å². The molecule has 2 N–H and O–H groups in total. The van der Waals surface area contributed by atoms with Crippen molar-refractivity contribution in [3.63, 3.8) is 0 Å². The molecule has 0 amide bonds. The SMILES string of the molecule is CCC(N)c1ccc(-c2cccc(C)c2C)cc1. The van der Waals surface area contributed by atoms with Gasteiger partial charge in [-0.1, -0.05) is 49.4 Å². The zero-order valence-corrected chi connectivity index (χ0v) is 11.4. The summed E-state index contributed by atoms with van der Waals surface area (Å²) in [6.45, 7) is 6.44. The Hall–Kier alpha value is -1.60. The van der Waals surface area contributed by atoms with E-state index in [0.717, 1.165) is 6.42 Å². The van der Waals surface area contributed by atoms with Crippen LogP contribution in [-0.4, -0.2) is 0 Å². The highest BCUT2D eigenvalue weighted by atomic mass is 14.6. The van der Waals surface area contributed by atoms with E-state index in [2.05, 4.69) is 63.2 Å². The molecule has 18 heavy (non-hydrogen) atoms. The molecule has 0 heterocycles. The molecule has 0 aromatic heterocycles. The van der Waals surface area contributed by atoms with E-state index in [1.807, 2.05) is 0 Å². The molecule has 0 bridgehead atoms. The number of aryl methyl sites for hydroxylation is 1. The van der Waals surface area contributed by atoms with Gasteiger partial charge in [-0.15, -0.1) is 0 Å². The summed E-state index contributed by atoms with van der Waals surface area (Å²) in [7, 11) is 0. The summed E-state index contributed by atoms with van der Waals surface area (Å²) in [5, 5.41) is 0. The van der Waals surface area contributed by atoms with Crippen LogP contribution in [0.15, 0.2) is 42.5 Å². The minimum atomic E-state index is 0.151. The van der Waals surface area contributed by atoms with Crippen LogP contribution in [0, 0.1) is 13.8 Å². The van der Waals surface area contributed by atoms with Crippen LogP contribution in [0.25, 0.3) is 11.1 Å². The van der Waals surface area contributed by atoms with Gasteiger partial charge >= 0.3 is 0 Å². The molecule has 2 rings (SSSR count). The first kappa shape index (κ1) is 12.8. The summed E-state index contributed by atoms with van der Waals surface area (Å²) < 4.78 is 0. The highest BCUT2D eigenvalue weighted by Gasteiger charge is 2.06. The van der Waals surface area contributed by atoms with E-state index < -0.39 is 0 Å². The molecule has 94 valence electrons. The van der Waals surface area contributed by atoms with E-state index in [-0.39, 0.29) is 6.04 Å². The number of hydrogen-bond donors (Lipinski definition) is 1. The van der Waals surface area contributed by atoms with Crippen molar-refractivity contribution < 1.29 is 0 Å². The molecule has 0 aliphatic heterocycles. The average molecular weight is 239 g/mol. The third kappa shape index (κ3) is 2.46. The normalized spacial score (nSPS) is 12.4. The van der Waals surface area contributed by atoms with Crippen LogP contribution < -0.4 is 5.73 Å². The molecule has 1 unspecified atom stereocenters. The molecule has 0 radical (unpaired) electrons. The largest absolute Gasteiger partial charge is 0.324 e. The number of hydrogen-bond acceptors (Lipinski definition) is 1. The van der Waals surface area contributed by atoms with Crippen molar-refractivity contribution in [2.45, 2.75) is 33.2 Å². The first-order chi connectivity index (χ1) is 8.63. The third-order valence-electron chi connectivity index (χ3n) is 3.69. The second-order valence-corrected chi connectivity index (χ2v) is 4.88. The number of nitrogens with two attached hydrogens (primary N) is 1. The monoisotopic (exact) mass is 239 g/mol. The molecule has 2 aromatic rings. The molecule has 1 atom stereocenters. The van der Waals surface area contributed by atoms with E-state index in [0.29, 0.717) is 0 Å². The lowest BCUT2D eigenvalue weighted by atomic mass is 9.95. The maximum absolute atomic E-state index is 6.04. The van der Waals surface area contributed by atoms with Crippen LogP contribution in [-0.2, 0) is 0 Å². The van der Waals surface area contributed by atoms with Gasteiger partial charge in [-0.3, -0.25) is 0 Å². The topological polar surface area (TPSA) is 26.0 Å². The summed E-state index contributed by atoms with van der Waals surface area (Å²) in [5.74, 6) is 0. The van der Waals surface area contributed by atoms with Crippen molar-refractivity contribution in [1.29, 1.82) is 0 Å². The van der Waals surface area contributed by atoms with Crippen molar-refractivity contribution in [2.24, 2.45) is 5.73 Å². The van der Waals surface area contributed by atoms with Crippen LogP contribution in [0.5, 0.6) is 0 Å². The minimum Gasteiger partial charge on any atom is -0.324 e. The fraction of sp³-hybridized carbons (Fsp3) is 0.294. The second-order valence-electron chi connectivity index (χ2n) is 4.88. The fourth-order valence-corrected chi connectivity index (χ4v) is 2.21. The Morgan fingerprint density at radius 3 is 2.28 bits per heavy atom. The van der Waals surface area contributed by atoms with Crippen molar-refractivity contribution in [3.8, 4) is 11.1 Å². The third-order valence-corrected chi connectivity index (χ3v) is 3.69. The van der Waals surface area contributed by atoms with E-state index in [1.165, 1.54) is 27.8 Å². The Kier molecular flexibility index (Phi) is 3.83. The predicted octanol–water partition coefficient (Wildman–Crippen LogP) is 4.38. The van der Waals surface area contributed by atoms with Crippen LogP contribution >= 0.6 is 0 Å². The van der Waals surface area contributed by atoms with Crippen LogP contribution in [0.2, 0.25) is 0 Å². The summed E-state index contributed by atoms with van der Waals surface area (Å²) in [5.41, 5.74) is 12.5. The summed E-state index contributed by atoms with van der Waals surface area (Å²) in [6, 6.07) is 15.2. The smallest absolute Gasteiger partial charge is 0.0292 e. The molecule has 0 saturated carbocycles. The molecule has 1 nitrogen and oxygen atoms in total. The highest BCUT2D eigenvalue weighted by molar-refractivity contribution is 5.68. The molecular formula is C17H21N. The molecule has 0 aliphatic rings. The van der Waals surface area contributed by atoms with Gasteiger partial charge in [0.2, 0.25) is 0 Å². The van der Waals surface area contributed by atoms with Crippen molar-refractivity contribution in [2.75, 3.05) is 0 Å². The lowest BCUT2D eigenvalue weighted by molar-refractivity contribution is 0.699. The van der Waals surface area contributed by atoms with E-state index in [4.69, 9.17) is 5.73 Å². The zero-order valence-electron chi connectivity index (χ0n) is 11.4. The molecular weight excluding hydrogens is 218 g/mol. The number of rotatable bonds is 3. The van der Waals surface area contributed by atoms with Crippen LogP contribution in [0.4, 0.5) is 0 Å². The van der Waals surface area contributed by atoms with Crippen molar-refractivity contribution >= 4 is 0 Å². The van der Waals surface area contributed by atoms with Gasteiger partial charge in [0.1, 0.15) is 0 Å². The first-order valence-electron chi connectivity index (χ1n) is 6.55. The van der Waals surface area contributed by atoms with Crippen LogP contribution in [0.1, 0.15) is 36.1 Å². The molecule has 2 aromatic carbocycles. The lowest BCUT2D eigenvalue weighted by Crippen LogP contribution is -2.08.